The molecule has 0 aliphatic carbocycles. The van der Waals surface area contributed by atoms with Crippen LogP contribution in [-0.4, -0.2) is 23.8 Å². The third-order valence-corrected chi connectivity index (χ3v) is 3.86. The summed E-state index contributed by atoms with van der Waals surface area (Å²) in [5.74, 6) is -0.105. The van der Waals surface area contributed by atoms with E-state index in [2.05, 4.69) is 15.6 Å². The Morgan fingerprint density at radius 1 is 1.26 bits per heavy atom. The maximum Gasteiger partial charge on any atom is 0.419 e. The van der Waals surface area contributed by atoms with Gasteiger partial charge in [-0.25, -0.2) is 4.98 Å². The zero-order valence-corrected chi connectivity index (χ0v) is 14.7. The molecule has 0 saturated carbocycles. The number of carbonyl (C=O) groups excluding carboxylic acids is 1. The van der Waals surface area contributed by atoms with Crippen LogP contribution in [0.5, 0.6) is 0 Å². The first-order valence-electron chi connectivity index (χ1n) is 7.65. The summed E-state index contributed by atoms with van der Waals surface area (Å²) in [6.07, 6.45) is -3.72. The number of nitro groups is 1. The molecule has 0 saturated heterocycles. The summed E-state index contributed by atoms with van der Waals surface area (Å²) in [5.41, 5.74) is -0.718. The van der Waals surface area contributed by atoms with E-state index >= 15 is 0 Å². The molecule has 0 atom stereocenters. The third-order valence-electron chi connectivity index (χ3n) is 3.56. The van der Waals surface area contributed by atoms with Crippen molar-refractivity contribution < 1.29 is 27.9 Å². The predicted octanol–water partition coefficient (Wildman–Crippen LogP) is 3.81. The first-order valence-corrected chi connectivity index (χ1v) is 8.03. The van der Waals surface area contributed by atoms with Crippen molar-refractivity contribution in [3.05, 3.63) is 56.7 Å². The summed E-state index contributed by atoms with van der Waals surface area (Å²) in [6.45, 7) is 1.74. The molecule has 7 nitrogen and oxygen atoms in total. The predicted molar refractivity (Wildman–Crippen MR) is 93.1 cm³/mol. The van der Waals surface area contributed by atoms with Crippen molar-refractivity contribution in [2.45, 2.75) is 13.1 Å². The number of alkyl halides is 3. The Morgan fingerprint density at radius 2 is 1.93 bits per heavy atom. The lowest BCUT2D eigenvalue weighted by atomic mass is 10.1. The molecule has 0 aliphatic heterocycles. The summed E-state index contributed by atoms with van der Waals surface area (Å²) >= 11 is 5.81. The molecule has 0 radical (unpaired) electrons. The molecule has 1 aromatic carbocycles. The summed E-state index contributed by atoms with van der Waals surface area (Å²) in [7, 11) is 0. The van der Waals surface area contributed by atoms with E-state index in [1.165, 1.54) is 25.1 Å². The number of Topliss-reactive ketones (excluding diaryl/α,β-unsaturated/α-hetero) is 1. The topological polar surface area (TPSA) is 98.4 Å². The van der Waals surface area contributed by atoms with Gasteiger partial charge < -0.3 is 5.32 Å². The highest BCUT2D eigenvalue weighted by atomic mass is 35.5. The van der Waals surface area contributed by atoms with E-state index in [1.807, 2.05) is 0 Å². The number of aromatic nitrogens is 1. The lowest BCUT2D eigenvalue weighted by molar-refractivity contribution is -0.384. The Morgan fingerprint density at radius 3 is 2.48 bits per heavy atom. The SMILES string of the molecule is CC(=O)c1ccc(NCCNc2[nH+]cc(C(F)(F)F)cc2Cl)c([N+](=O)[O-])c1. The molecule has 1 heterocycles. The number of ketones is 1. The average molecular weight is 404 g/mol. The van der Waals surface area contributed by atoms with Crippen molar-refractivity contribution in [1.29, 1.82) is 0 Å². The van der Waals surface area contributed by atoms with E-state index in [0.29, 0.717) is 0 Å². The molecule has 0 bridgehead atoms. The lowest BCUT2D eigenvalue weighted by Gasteiger charge is -2.08. The Bertz CT molecular complexity index is 874. The number of H-pyrrole nitrogens is 1. The van der Waals surface area contributed by atoms with Gasteiger partial charge in [0.25, 0.3) is 11.5 Å². The number of nitrogens with one attached hydrogen (secondary N) is 3. The normalized spacial score (nSPS) is 11.1. The first kappa shape index (κ1) is 20.4. The van der Waals surface area contributed by atoms with Gasteiger partial charge >= 0.3 is 6.18 Å². The number of anilines is 2. The lowest BCUT2D eigenvalue weighted by Crippen LogP contribution is -2.21. The molecule has 0 spiro atoms. The van der Waals surface area contributed by atoms with Crippen LogP contribution in [0.25, 0.3) is 0 Å². The zero-order chi connectivity index (χ0) is 20.2. The fourth-order valence-corrected chi connectivity index (χ4v) is 2.44. The van der Waals surface area contributed by atoms with Gasteiger partial charge in [-0.15, -0.1) is 0 Å². The van der Waals surface area contributed by atoms with Gasteiger partial charge in [0.05, 0.1) is 17.0 Å². The molecule has 144 valence electrons. The molecule has 3 N–H and O–H groups in total. The van der Waals surface area contributed by atoms with Crippen LogP contribution in [0.15, 0.2) is 30.5 Å². The molecule has 0 amide bonds. The van der Waals surface area contributed by atoms with Crippen LogP contribution in [0.2, 0.25) is 5.02 Å². The zero-order valence-electron chi connectivity index (χ0n) is 14.0. The van der Waals surface area contributed by atoms with Crippen LogP contribution in [0.1, 0.15) is 22.8 Å². The second-order valence-electron chi connectivity index (χ2n) is 5.51. The quantitative estimate of drug-likeness (QED) is 0.317. The molecule has 2 rings (SSSR count). The van der Waals surface area contributed by atoms with Crippen molar-refractivity contribution in [1.82, 2.24) is 0 Å². The summed E-state index contributed by atoms with van der Waals surface area (Å²) in [5, 5.41) is 16.6. The van der Waals surface area contributed by atoms with Crippen LogP contribution in [-0.2, 0) is 6.18 Å². The number of hydrogen-bond donors (Lipinski definition) is 2. The van der Waals surface area contributed by atoms with Gasteiger partial charge in [0.1, 0.15) is 23.5 Å². The third kappa shape index (κ3) is 5.30. The molecule has 27 heavy (non-hydrogen) atoms. The molecule has 1 aromatic heterocycles. The highest BCUT2D eigenvalue weighted by Gasteiger charge is 2.32. The fraction of sp³-hybridized carbons (Fsp3) is 0.250. The first-order chi connectivity index (χ1) is 12.6. The molecule has 0 unspecified atom stereocenters. The second-order valence-corrected chi connectivity index (χ2v) is 5.92. The van der Waals surface area contributed by atoms with Crippen LogP contribution >= 0.6 is 11.6 Å². The van der Waals surface area contributed by atoms with Gasteiger partial charge in [-0.05, 0) is 25.1 Å². The summed E-state index contributed by atoms with van der Waals surface area (Å²) in [6, 6.07) is 4.86. The van der Waals surface area contributed by atoms with E-state index in [-0.39, 0.29) is 46.7 Å². The number of nitrogens with zero attached hydrogens (tertiary/aromatic N) is 1. The Balaban J connectivity index is 1.99. The van der Waals surface area contributed by atoms with E-state index in [0.717, 1.165) is 12.3 Å². The molecule has 2 aromatic rings. The summed E-state index contributed by atoms with van der Waals surface area (Å²) < 4.78 is 37.8. The molecule has 0 fully saturated rings. The fourth-order valence-electron chi connectivity index (χ4n) is 2.20. The Labute approximate surface area is 156 Å². The number of hydrogen-bond acceptors (Lipinski definition) is 5. The van der Waals surface area contributed by atoms with Gasteiger partial charge in [-0.2, -0.15) is 13.2 Å². The van der Waals surface area contributed by atoms with Crippen LogP contribution in [0, 0.1) is 10.1 Å². The average Bonchev–Trinajstić information content (AvgIpc) is 2.58. The maximum atomic E-state index is 12.6. The minimum atomic E-state index is -4.51. The van der Waals surface area contributed by atoms with E-state index in [9.17, 15) is 28.1 Å². The molecule has 0 aliphatic rings. The minimum Gasteiger partial charge on any atom is -0.376 e. The minimum absolute atomic E-state index is 0.137. The van der Waals surface area contributed by atoms with Crippen LogP contribution < -0.4 is 15.6 Å². The van der Waals surface area contributed by atoms with Crippen LogP contribution in [0.4, 0.5) is 30.4 Å². The van der Waals surface area contributed by atoms with Gasteiger partial charge in [0.2, 0.25) is 0 Å². The Hall–Kier alpha value is -2.88. The van der Waals surface area contributed by atoms with Gasteiger partial charge in [0.15, 0.2) is 5.78 Å². The molecular weight excluding hydrogens is 389 g/mol. The van der Waals surface area contributed by atoms with Crippen molar-refractivity contribution in [3.8, 4) is 0 Å². The van der Waals surface area contributed by atoms with Crippen molar-refractivity contribution in [3.63, 3.8) is 0 Å². The maximum absolute atomic E-state index is 12.6. The van der Waals surface area contributed by atoms with Gasteiger partial charge in [0, 0.05) is 11.6 Å². The molecular formula is C16H15ClF3N4O3+. The number of nitro benzene ring substituents is 1. The highest BCUT2D eigenvalue weighted by molar-refractivity contribution is 6.32. The number of aromatic amines is 1. The number of rotatable bonds is 7. The van der Waals surface area contributed by atoms with E-state index in [1.54, 1.807) is 0 Å². The standard InChI is InChI=1S/C16H14ClF3N4O3/c1-9(25)10-2-3-13(14(6-10)24(26)27)21-4-5-22-15-12(17)7-11(8-23-15)16(18,19)20/h2-3,6-8,21H,4-5H2,1H3,(H,22,23)/p+1. The largest absolute Gasteiger partial charge is 0.419 e. The van der Waals surface area contributed by atoms with Crippen molar-refractivity contribution in [2.24, 2.45) is 0 Å². The second kappa shape index (κ2) is 8.21. The van der Waals surface area contributed by atoms with Gasteiger partial charge in [-0.3, -0.25) is 20.2 Å². The Kier molecular flexibility index (Phi) is 6.21. The van der Waals surface area contributed by atoms with E-state index < -0.39 is 16.7 Å². The van der Waals surface area contributed by atoms with E-state index in [4.69, 9.17) is 11.6 Å². The molecule has 11 heteroatoms. The summed E-state index contributed by atoms with van der Waals surface area (Å²) in [4.78, 5) is 24.3. The monoisotopic (exact) mass is 403 g/mol. The number of halogens is 4. The van der Waals surface area contributed by atoms with Crippen molar-refractivity contribution in [2.75, 3.05) is 23.7 Å². The highest BCUT2D eigenvalue weighted by Crippen LogP contribution is 2.31. The smallest absolute Gasteiger partial charge is 0.376 e. The van der Waals surface area contributed by atoms with Gasteiger partial charge in [-0.1, -0.05) is 11.6 Å². The van der Waals surface area contributed by atoms with Crippen LogP contribution in [0.3, 0.4) is 0 Å². The number of benzene rings is 1. The number of carbonyl (C=O) groups is 1. The van der Waals surface area contributed by atoms with Crippen molar-refractivity contribution >= 4 is 34.6 Å². The number of pyridine rings is 1.